The number of benzene rings is 2. The Bertz CT molecular complexity index is 1610. The van der Waals surface area contributed by atoms with E-state index in [1.807, 2.05) is 13.8 Å². The van der Waals surface area contributed by atoms with Crippen LogP contribution in [0.25, 0.3) is 0 Å². The average Bonchev–Trinajstić information content (AvgIpc) is 3.06. The van der Waals surface area contributed by atoms with Crippen molar-refractivity contribution in [2.75, 3.05) is 38.7 Å². The zero-order chi connectivity index (χ0) is 34.1. The van der Waals surface area contributed by atoms with Crippen LogP contribution in [0, 0.1) is 5.92 Å². The fraction of sp³-hybridized carbons (Fsp3) is 0.441. The minimum atomic E-state index is -3.85. The molecule has 13 heteroatoms. The minimum Gasteiger partial charge on any atom is -0.490 e. The Morgan fingerprint density at radius 3 is 2.51 bits per heavy atom. The molecule has 254 valence electrons. The number of hydrogen-bond acceptors (Lipinski definition) is 8. The number of amides is 2. The summed E-state index contributed by atoms with van der Waals surface area (Å²) in [5.41, 5.74) is 1.04. The molecule has 1 aliphatic rings. The first-order valence-electron chi connectivity index (χ1n) is 15.7. The molecular weight excluding hydrogens is 644 g/mol. The number of carbonyl (C=O) groups is 2. The van der Waals surface area contributed by atoms with Gasteiger partial charge in [0.2, 0.25) is 10.0 Å². The second kappa shape index (κ2) is 16.5. The number of hydrogen-bond donors (Lipinski definition) is 2. The molecule has 0 saturated carbocycles. The van der Waals surface area contributed by atoms with Gasteiger partial charge >= 0.3 is 0 Å². The lowest BCUT2D eigenvalue weighted by Gasteiger charge is -2.35. The van der Waals surface area contributed by atoms with Crippen LogP contribution in [0.2, 0.25) is 5.02 Å². The molecule has 3 aromatic rings. The van der Waals surface area contributed by atoms with Gasteiger partial charge in [0, 0.05) is 61.3 Å². The summed E-state index contributed by atoms with van der Waals surface area (Å²) < 4.78 is 40.6. The van der Waals surface area contributed by atoms with Gasteiger partial charge in [0.05, 0.1) is 35.3 Å². The Morgan fingerprint density at radius 2 is 1.83 bits per heavy atom. The summed E-state index contributed by atoms with van der Waals surface area (Å²) in [5, 5.41) is 13.5. The summed E-state index contributed by atoms with van der Waals surface area (Å²) in [6.45, 7) is 5.85. The van der Waals surface area contributed by atoms with Gasteiger partial charge in [-0.05, 0) is 87.7 Å². The average molecular weight is 687 g/mol. The van der Waals surface area contributed by atoms with E-state index in [-0.39, 0.29) is 48.1 Å². The predicted molar refractivity (Wildman–Crippen MR) is 180 cm³/mol. The topological polar surface area (TPSA) is 138 Å². The lowest BCUT2D eigenvalue weighted by Crippen LogP contribution is -2.48. The molecule has 11 nitrogen and oxygen atoms in total. The molecule has 2 aromatic carbocycles. The molecule has 4 rings (SSSR count). The van der Waals surface area contributed by atoms with Crippen molar-refractivity contribution >= 4 is 39.1 Å². The van der Waals surface area contributed by atoms with Crippen molar-refractivity contribution < 1.29 is 32.6 Å². The van der Waals surface area contributed by atoms with E-state index in [1.165, 1.54) is 48.0 Å². The zero-order valence-electron chi connectivity index (χ0n) is 27.1. The second-order valence-electron chi connectivity index (χ2n) is 11.9. The molecule has 0 unspecified atom stereocenters. The summed E-state index contributed by atoms with van der Waals surface area (Å²) in [6.07, 6.45) is 4.47. The molecule has 0 aliphatic carbocycles. The third kappa shape index (κ3) is 9.51. The highest BCUT2D eigenvalue weighted by atomic mass is 35.5. The number of nitrogens with one attached hydrogen (secondary N) is 1. The molecule has 2 heterocycles. The van der Waals surface area contributed by atoms with Crippen molar-refractivity contribution in [1.82, 2.24) is 14.2 Å². The van der Waals surface area contributed by atoms with Crippen LogP contribution in [0.3, 0.4) is 0 Å². The van der Waals surface area contributed by atoms with Crippen LogP contribution in [0.1, 0.15) is 60.7 Å². The smallest absolute Gasteiger partial charge is 0.258 e. The number of pyridine rings is 1. The lowest BCUT2D eigenvalue weighted by atomic mass is 10.0. The van der Waals surface area contributed by atoms with Crippen LogP contribution in [0.15, 0.2) is 71.9 Å². The predicted octanol–water partition coefficient (Wildman–Crippen LogP) is 5.10. The first-order valence-corrected chi connectivity index (χ1v) is 17.5. The third-order valence-electron chi connectivity index (χ3n) is 8.21. The highest BCUT2D eigenvalue weighted by Gasteiger charge is 2.32. The summed E-state index contributed by atoms with van der Waals surface area (Å²) in [6, 6.07) is 13.5. The Hall–Kier alpha value is -3.55. The molecule has 1 aromatic heterocycles. The number of aliphatic hydroxyl groups is 1. The lowest BCUT2D eigenvalue weighted by molar-refractivity contribution is -0.00834. The Kier molecular flexibility index (Phi) is 12.8. The maximum Gasteiger partial charge on any atom is 0.258 e. The number of anilines is 1. The highest BCUT2D eigenvalue weighted by Crippen LogP contribution is 2.29. The summed E-state index contributed by atoms with van der Waals surface area (Å²) in [5.74, 6) is -0.733. The van der Waals surface area contributed by atoms with Crippen molar-refractivity contribution in [2.45, 2.75) is 63.2 Å². The van der Waals surface area contributed by atoms with Crippen molar-refractivity contribution in [3.05, 3.63) is 83.1 Å². The minimum absolute atomic E-state index is 0.0446. The Labute approximate surface area is 281 Å². The Balaban J connectivity index is 1.65. The van der Waals surface area contributed by atoms with Gasteiger partial charge in [-0.3, -0.25) is 14.6 Å². The number of ether oxygens (including phenoxy) is 2. The van der Waals surface area contributed by atoms with Crippen LogP contribution < -0.4 is 10.1 Å². The van der Waals surface area contributed by atoms with Gasteiger partial charge in [-0.1, -0.05) is 18.5 Å². The number of halogens is 1. The zero-order valence-corrected chi connectivity index (χ0v) is 28.7. The molecule has 4 atom stereocenters. The van der Waals surface area contributed by atoms with E-state index in [0.29, 0.717) is 35.1 Å². The van der Waals surface area contributed by atoms with Gasteiger partial charge in [0.25, 0.3) is 11.8 Å². The van der Waals surface area contributed by atoms with E-state index in [4.69, 9.17) is 21.1 Å². The maximum atomic E-state index is 14.3. The van der Waals surface area contributed by atoms with Crippen LogP contribution in [0.5, 0.6) is 5.75 Å². The van der Waals surface area contributed by atoms with Gasteiger partial charge in [-0.2, -0.15) is 4.31 Å². The van der Waals surface area contributed by atoms with Gasteiger partial charge in [-0.25, -0.2) is 8.42 Å². The molecule has 47 heavy (non-hydrogen) atoms. The molecular formula is C34H43ClN4O7S. The monoisotopic (exact) mass is 686 g/mol. The van der Waals surface area contributed by atoms with Crippen molar-refractivity contribution in [2.24, 2.45) is 5.92 Å². The molecule has 0 spiro atoms. The molecule has 2 amide bonds. The van der Waals surface area contributed by atoms with Gasteiger partial charge in [-0.15, -0.1) is 0 Å². The van der Waals surface area contributed by atoms with Crippen molar-refractivity contribution in [3.8, 4) is 5.75 Å². The number of aliphatic hydroxyl groups excluding tert-OH is 1. The maximum absolute atomic E-state index is 14.3. The largest absolute Gasteiger partial charge is 0.490 e. The molecule has 2 N–H and O–H groups in total. The van der Waals surface area contributed by atoms with E-state index in [1.54, 1.807) is 42.2 Å². The highest BCUT2D eigenvalue weighted by molar-refractivity contribution is 7.89. The summed E-state index contributed by atoms with van der Waals surface area (Å²) in [4.78, 5) is 32.8. The fourth-order valence-electron chi connectivity index (χ4n) is 5.31. The number of likely N-dealkylation sites (N-methyl/N-ethyl adjacent to an activating group) is 1. The molecule has 0 bridgehead atoms. The van der Waals surface area contributed by atoms with E-state index in [0.717, 1.165) is 12.8 Å². The number of sulfonamides is 1. The van der Waals surface area contributed by atoms with Crippen LogP contribution >= 0.6 is 11.6 Å². The van der Waals surface area contributed by atoms with Crippen LogP contribution in [-0.2, 0) is 14.8 Å². The molecule has 1 aliphatic heterocycles. The Morgan fingerprint density at radius 1 is 1.13 bits per heavy atom. The number of fused-ring (bicyclic) bond motifs is 1. The number of nitrogens with zero attached hydrogens (tertiary/aromatic N) is 3. The standard InChI is InChI=1S/C34H43ClN4O7S/c1-23-20-39(24(2)22-40)34(42)30-19-28(37-33(41)26-14-16-36-17-15-26)10-13-31(30)46-25(3)7-5-6-18-45-32(23)21-38(4)47(43,44)29-11-8-27(35)9-12-29/h8-17,19,23-25,32,40H,5-7,18,20-22H2,1-4H3,(H,37,41)/t23-,24-,25-,32-/m1/s1. The number of aromatic nitrogens is 1. The van der Waals surface area contributed by atoms with E-state index >= 15 is 0 Å². The first-order chi connectivity index (χ1) is 22.4. The second-order valence-corrected chi connectivity index (χ2v) is 14.4. The van der Waals surface area contributed by atoms with Crippen molar-refractivity contribution in [3.63, 3.8) is 0 Å². The quantitative estimate of drug-likeness (QED) is 0.334. The van der Waals surface area contributed by atoms with Crippen LogP contribution in [-0.4, -0.2) is 91.1 Å². The number of rotatable bonds is 8. The summed E-state index contributed by atoms with van der Waals surface area (Å²) in [7, 11) is -2.35. The SMILES string of the molecule is C[C@@H]1CCCCO[C@H](CN(C)S(=O)(=O)c2ccc(Cl)cc2)[C@H](C)CN([C@H](C)CO)C(=O)c2cc(NC(=O)c3ccncc3)ccc2O1. The van der Waals surface area contributed by atoms with Gasteiger partial charge < -0.3 is 24.8 Å². The van der Waals surface area contributed by atoms with E-state index in [9.17, 15) is 23.1 Å². The summed E-state index contributed by atoms with van der Waals surface area (Å²) >= 11 is 5.98. The van der Waals surface area contributed by atoms with Crippen LogP contribution in [0.4, 0.5) is 5.69 Å². The fourth-order valence-corrected chi connectivity index (χ4v) is 6.62. The molecule has 0 radical (unpaired) electrons. The first kappa shape index (κ1) is 36.3. The van der Waals surface area contributed by atoms with Gasteiger partial charge in [0.1, 0.15) is 5.75 Å². The molecule has 0 saturated heterocycles. The van der Waals surface area contributed by atoms with E-state index < -0.39 is 28.1 Å². The molecule has 0 fully saturated rings. The van der Waals surface area contributed by atoms with Crippen molar-refractivity contribution in [1.29, 1.82) is 0 Å². The van der Waals surface area contributed by atoms with Gasteiger partial charge in [0.15, 0.2) is 0 Å². The normalized spacial score (nSPS) is 20.5. The van der Waals surface area contributed by atoms with E-state index in [2.05, 4.69) is 10.3 Å². The third-order valence-corrected chi connectivity index (χ3v) is 10.3. The number of carbonyl (C=O) groups excluding carboxylic acids is 2.